The summed E-state index contributed by atoms with van der Waals surface area (Å²) < 4.78 is 27.2. The Morgan fingerprint density at radius 3 is 2.62 bits per heavy atom. The fourth-order valence-corrected chi connectivity index (χ4v) is 4.53. The Morgan fingerprint density at radius 2 is 2.05 bits per heavy atom. The molecule has 1 N–H and O–H groups in total. The van der Waals surface area contributed by atoms with E-state index in [1.54, 1.807) is 13.1 Å². The zero-order valence-electron chi connectivity index (χ0n) is 11.9. The Bertz CT molecular complexity index is 610. The number of halogens is 1. The van der Waals surface area contributed by atoms with Crippen molar-refractivity contribution in [3.8, 4) is 0 Å². The van der Waals surface area contributed by atoms with Gasteiger partial charge in [0.05, 0.1) is 5.75 Å². The van der Waals surface area contributed by atoms with Crippen LogP contribution >= 0.6 is 15.9 Å². The molecule has 1 aliphatic rings. The van der Waals surface area contributed by atoms with Gasteiger partial charge in [-0.05, 0) is 30.5 Å². The van der Waals surface area contributed by atoms with E-state index in [0.29, 0.717) is 25.9 Å². The summed E-state index contributed by atoms with van der Waals surface area (Å²) in [6, 6.07) is 7.31. The molecular formula is C14H19BrN2O3S. The number of sulfonamides is 1. The fourth-order valence-electron chi connectivity index (χ4n) is 2.53. The second-order valence-corrected chi connectivity index (χ2v) is 8.06. The predicted molar refractivity (Wildman–Crippen MR) is 85.1 cm³/mol. The number of hydrogen-bond acceptors (Lipinski definition) is 3. The normalized spacial score (nSPS) is 17.6. The minimum absolute atomic E-state index is 0.000891. The van der Waals surface area contributed by atoms with Crippen LogP contribution in [0.15, 0.2) is 28.7 Å². The first kappa shape index (κ1) is 16.5. The van der Waals surface area contributed by atoms with Gasteiger partial charge in [-0.2, -0.15) is 0 Å². The van der Waals surface area contributed by atoms with E-state index in [0.717, 1.165) is 10.0 Å². The molecule has 116 valence electrons. The van der Waals surface area contributed by atoms with Crippen LogP contribution in [0.25, 0.3) is 0 Å². The van der Waals surface area contributed by atoms with E-state index in [2.05, 4.69) is 21.2 Å². The smallest absolute Gasteiger partial charge is 0.222 e. The van der Waals surface area contributed by atoms with Crippen molar-refractivity contribution in [3.63, 3.8) is 0 Å². The van der Waals surface area contributed by atoms with Crippen LogP contribution in [-0.4, -0.2) is 38.8 Å². The van der Waals surface area contributed by atoms with Crippen molar-refractivity contribution >= 4 is 31.9 Å². The van der Waals surface area contributed by atoms with E-state index in [-0.39, 0.29) is 17.6 Å². The maximum atomic E-state index is 12.4. The summed E-state index contributed by atoms with van der Waals surface area (Å²) in [7, 11) is -1.72. The summed E-state index contributed by atoms with van der Waals surface area (Å²) in [5, 5.41) is 2.62. The van der Waals surface area contributed by atoms with Gasteiger partial charge in [-0.15, -0.1) is 0 Å². The molecule has 1 heterocycles. The van der Waals surface area contributed by atoms with Crippen LogP contribution < -0.4 is 5.32 Å². The van der Waals surface area contributed by atoms with E-state index < -0.39 is 10.0 Å². The lowest BCUT2D eigenvalue weighted by Crippen LogP contribution is -2.42. The Morgan fingerprint density at radius 1 is 1.38 bits per heavy atom. The summed E-state index contributed by atoms with van der Waals surface area (Å²) in [6.45, 7) is 0.822. The van der Waals surface area contributed by atoms with E-state index in [4.69, 9.17) is 0 Å². The predicted octanol–water partition coefficient (Wildman–Crippen LogP) is 1.74. The molecule has 1 aliphatic heterocycles. The van der Waals surface area contributed by atoms with Crippen LogP contribution in [0.1, 0.15) is 18.4 Å². The van der Waals surface area contributed by atoms with Gasteiger partial charge >= 0.3 is 0 Å². The van der Waals surface area contributed by atoms with E-state index in [9.17, 15) is 13.2 Å². The molecule has 0 atom stereocenters. The lowest BCUT2D eigenvalue weighted by molar-refractivity contribution is -0.125. The molecule has 21 heavy (non-hydrogen) atoms. The third-order valence-electron chi connectivity index (χ3n) is 3.70. The maximum absolute atomic E-state index is 12.4. The zero-order chi connectivity index (χ0) is 15.5. The maximum Gasteiger partial charge on any atom is 0.222 e. The fraction of sp³-hybridized carbons (Fsp3) is 0.500. The molecule has 1 fully saturated rings. The molecule has 1 aromatic rings. The summed E-state index contributed by atoms with van der Waals surface area (Å²) in [6.07, 6.45) is 1.16. The number of nitrogens with zero attached hydrogens (tertiary/aromatic N) is 1. The first-order chi connectivity index (χ1) is 9.92. The van der Waals surface area contributed by atoms with Crippen LogP contribution in [0, 0.1) is 5.92 Å². The SMILES string of the molecule is CNC(=O)C1CCN(S(=O)(=O)Cc2cccc(Br)c2)CC1. The Kier molecular flexibility index (Phi) is 5.40. The Balaban J connectivity index is 2.00. The molecule has 1 aromatic carbocycles. The van der Waals surface area contributed by atoms with Gasteiger partial charge in [0.1, 0.15) is 0 Å². The highest BCUT2D eigenvalue weighted by Crippen LogP contribution is 2.22. The van der Waals surface area contributed by atoms with Crippen molar-refractivity contribution in [3.05, 3.63) is 34.3 Å². The van der Waals surface area contributed by atoms with Crippen LogP contribution in [-0.2, 0) is 20.6 Å². The van der Waals surface area contributed by atoms with Crippen molar-refractivity contribution < 1.29 is 13.2 Å². The third-order valence-corrected chi connectivity index (χ3v) is 6.05. The monoisotopic (exact) mass is 374 g/mol. The standard InChI is InChI=1S/C14H19BrN2O3S/c1-16-14(18)12-5-7-17(8-6-12)21(19,20)10-11-3-2-4-13(15)9-11/h2-4,9,12H,5-8,10H2,1H3,(H,16,18). The van der Waals surface area contributed by atoms with Crippen molar-refractivity contribution in [1.29, 1.82) is 0 Å². The van der Waals surface area contributed by atoms with Crippen LogP contribution in [0.2, 0.25) is 0 Å². The second-order valence-electron chi connectivity index (χ2n) is 5.17. The van der Waals surface area contributed by atoms with Crippen LogP contribution in [0.5, 0.6) is 0 Å². The number of piperidine rings is 1. The molecule has 0 saturated carbocycles. The molecule has 0 bridgehead atoms. The number of benzene rings is 1. The van der Waals surface area contributed by atoms with Gasteiger partial charge in [-0.1, -0.05) is 28.1 Å². The zero-order valence-corrected chi connectivity index (χ0v) is 14.3. The second kappa shape index (κ2) is 6.89. The first-order valence-corrected chi connectivity index (χ1v) is 9.26. The summed E-state index contributed by atoms with van der Waals surface area (Å²) >= 11 is 3.34. The highest BCUT2D eigenvalue weighted by atomic mass is 79.9. The number of nitrogens with one attached hydrogen (secondary N) is 1. The largest absolute Gasteiger partial charge is 0.359 e. The molecule has 1 saturated heterocycles. The number of rotatable bonds is 4. The van der Waals surface area contributed by atoms with Crippen LogP contribution in [0.4, 0.5) is 0 Å². The van der Waals surface area contributed by atoms with Gasteiger partial charge in [0.25, 0.3) is 0 Å². The highest BCUT2D eigenvalue weighted by Gasteiger charge is 2.30. The average Bonchev–Trinajstić information content (AvgIpc) is 2.46. The van der Waals surface area contributed by atoms with Crippen molar-refractivity contribution in [1.82, 2.24) is 9.62 Å². The minimum atomic E-state index is -3.33. The highest BCUT2D eigenvalue weighted by molar-refractivity contribution is 9.10. The van der Waals surface area contributed by atoms with Gasteiger partial charge in [0.15, 0.2) is 0 Å². The molecule has 5 nitrogen and oxygen atoms in total. The van der Waals surface area contributed by atoms with E-state index in [1.165, 1.54) is 4.31 Å². The van der Waals surface area contributed by atoms with Gasteiger partial charge < -0.3 is 5.32 Å². The molecule has 0 aromatic heterocycles. The molecule has 7 heteroatoms. The van der Waals surface area contributed by atoms with Crippen molar-refractivity contribution in [2.24, 2.45) is 5.92 Å². The first-order valence-electron chi connectivity index (χ1n) is 6.86. The number of hydrogen-bond donors (Lipinski definition) is 1. The van der Waals surface area contributed by atoms with Crippen LogP contribution in [0.3, 0.4) is 0 Å². The molecular weight excluding hydrogens is 356 g/mol. The number of carbonyl (C=O) groups excluding carboxylic acids is 1. The van der Waals surface area contributed by atoms with Gasteiger partial charge in [0, 0.05) is 30.5 Å². The molecule has 0 spiro atoms. The lowest BCUT2D eigenvalue weighted by Gasteiger charge is -2.30. The Labute approximate surface area is 133 Å². The molecule has 0 radical (unpaired) electrons. The summed E-state index contributed by atoms with van der Waals surface area (Å²) in [5.74, 6) is -0.0803. The molecule has 1 amide bonds. The summed E-state index contributed by atoms with van der Waals surface area (Å²) in [4.78, 5) is 11.6. The lowest BCUT2D eigenvalue weighted by atomic mass is 9.97. The number of amides is 1. The van der Waals surface area contributed by atoms with Crippen molar-refractivity contribution in [2.75, 3.05) is 20.1 Å². The topological polar surface area (TPSA) is 66.5 Å². The van der Waals surface area contributed by atoms with Gasteiger partial charge in [0.2, 0.25) is 15.9 Å². The van der Waals surface area contributed by atoms with Crippen molar-refractivity contribution in [2.45, 2.75) is 18.6 Å². The number of carbonyl (C=O) groups is 1. The Hall–Kier alpha value is -0.920. The van der Waals surface area contributed by atoms with E-state index >= 15 is 0 Å². The quantitative estimate of drug-likeness (QED) is 0.872. The third kappa shape index (κ3) is 4.28. The average molecular weight is 375 g/mol. The van der Waals surface area contributed by atoms with E-state index in [1.807, 2.05) is 18.2 Å². The van der Waals surface area contributed by atoms with Gasteiger partial charge in [-0.3, -0.25) is 4.79 Å². The van der Waals surface area contributed by atoms with Gasteiger partial charge in [-0.25, -0.2) is 12.7 Å². The molecule has 0 unspecified atom stereocenters. The molecule has 2 rings (SSSR count). The molecule has 0 aliphatic carbocycles. The minimum Gasteiger partial charge on any atom is -0.359 e. The summed E-state index contributed by atoms with van der Waals surface area (Å²) in [5.41, 5.74) is 0.762.